The molecular formula is C14H20N2O. The van der Waals surface area contributed by atoms with E-state index in [0.717, 1.165) is 24.2 Å². The molecule has 0 aliphatic carbocycles. The number of rotatable bonds is 5. The average molecular weight is 232 g/mol. The molecule has 2 aromatic heterocycles. The maximum Gasteiger partial charge on any atom is 0.137 e. The third-order valence-corrected chi connectivity index (χ3v) is 3.13. The molecule has 0 aliphatic rings. The van der Waals surface area contributed by atoms with E-state index < -0.39 is 6.10 Å². The van der Waals surface area contributed by atoms with Crippen molar-refractivity contribution in [1.29, 1.82) is 0 Å². The van der Waals surface area contributed by atoms with Gasteiger partial charge in [-0.1, -0.05) is 32.8 Å². The predicted molar refractivity (Wildman–Crippen MR) is 68.8 cm³/mol. The van der Waals surface area contributed by atoms with Crippen molar-refractivity contribution in [3.05, 3.63) is 36.3 Å². The van der Waals surface area contributed by atoms with E-state index in [0.29, 0.717) is 5.92 Å². The number of aliphatic hydroxyl groups is 1. The van der Waals surface area contributed by atoms with Gasteiger partial charge in [-0.3, -0.25) is 0 Å². The third kappa shape index (κ3) is 2.86. The Kier molecular flexibility index (Phi) is 3.79. The fourth-order valence-corrected chi connectivity index (χ4v) is 2.23. The molecule has 2 heterocycles. The molecule has 0 radical (unpaired) electrons. The normalized spacial score (nSPS) is 15.0. The molecule has 0 amide bonds. The van der Waals surface area contributed by atoms with Crippen molar-refractivity contribution in [3.63, 3.8) is 0 Å². The first-order valence-electron chi connectivity index (χ1n) is 6.32. The minimum Gasteiger partial charge on any atom is -0.387 e. The van der Waals surface area contributed by atoms with Gasteiger partial charge in [0.15, 0.2) is 0 Å². The smallest absolute Gasteiger partial charge is 0.137 e. The molecule has 0 saturated heterocycles. The van der Waals surface area contributed by atoms with Crippen molar-refractivity contribution in [1.82, 2.24) is 9.38 Å². The lowest BCUT2D eigenvalue weighted by Gasteiger charge is -2.13. The summed E-state index contributed by atoms with van der Waals surface area (Å²) in [7, 11) is 0. The quantitative estimate of drug-likeness (QED) is 0.859. The molecule has 0 aliphatic heterocycles. The second-order valence-corrected chi connectivity index (χ2v) is 4.78. The molecule has 0 spiro atoms. The van der Waals surface area contributed by atoms with Crippen LogP contribution in [0.4, 0.5) is 0 Å². The van der Waals surface area contributed by atoms with Crippen LogP contribution >= 0.6 is 0 Å². The molecule has 17 heavy (non-hydrogen) atoms. The zero-order valence-corrected chi connectivity index (χ0v) is 10.5. The van der Waals surface area contributed by atoms with Crippen molar-refractivity contribution < 1.29 is 5.11 Å². The van der Waals surface area contributed by atoms with Crippen LogP contribution in [0.15, 0.2) is 30.6 Å². The minimum absolute atomic E-state index is 0.448. The lowest BCUT2D eigenvalue weighted by atomic mass is 9.97. The number of nitrogens with zero attached hydrogens (tertiary/aromatic N) is 2. The van der Waals surface area contributed by atoms with Gasteiger partial charge < -0.3 is 9.51 Å². The van der Waals surface area contributed by atoms with Crippen LogP contribution in [0.25, 0.3) is 5.65 Å². The van der Waals surface area contributed by atoms with Crippen LogP contribution in [-0.4, -0.2) is 14.5 Å². The van der Waals surface area contributed by atoms with Gasteiger partial charge in [-0.15, -0.1) is 0 Å². The highest BCUT2D eigenvalue weighted by Crippen LogP contribution is 2.23. The largest absolute Gasteiger partial charge is 0.387 e. The van der Waals surface area contributed by atoms with Gasteiger partial charge in [-0.05, 0) is 24.5 Å². The number of hydrogen-bond donors (Lipinski definition) is 1. The first-order chi connectivity index (χ1) is 8.20. The van der Waals surface area contributed by atoms with E-state index in [1.807, 2.05) is 35.0 Å². The van der Waals surface area contributed by atoms with E-state index >= 15 is 0 Å². The molecule has 0 aromatic carbocycles. The summed E-state index contributed by atoms with van der Waals surface area (Å²) in [5, 5.41) is 10.1. The molecule has 2 aromatic rings. The molecule has 2 unspecified atom stereocenters. The monoisotopic (exact) mass is 232 g/mol. The number of hydrogen-bond acceptors (Lipinski definition) is 2. The molecule has 2 atom stereocenters. The standard InChI is InChI=1S/C14H20N2O/c1-3-6-11(2)9-13(17)12-10-16-8-5-4-7-14(16)15-12/h4-5,7-8,10-11,13,17H,3,6,9H2,1-2H3. The van der Waals surface area contributed by atoms with Crippen molar-refractivity contribution in [3.8, 4) is 0 Å². The van der Waals surface area contributed by atoms with Gasteiger partial charge >= 0.3 is 0 Å². The van der Waals surface area contributed by atoms with Crippen LogP contribution in [-0.2, 0) is 0 Å². The molecule has 92 valence electrons. The minimum atomic E-state index is -0.448. The first-order valence-corrected chi connectivity index (χ1v) is 6.32. The van der Waals surface area contributed by atoms with E-state index in [4.69, 9.17) is 0 Å². The van der Waals surface area contributed by atoms with E-state index in [1.165, 1.54) is 6.42 Å². The SMILES string of the molecule is CCCC(C)CC(O)c1cn2ccccc2n1. The lowest BCUT2D eigenvalue weighted by molar-refractivity contribution is 0.141. The maximum absolute atomic E-state index is 10.1. The maximum atomic E-state index is 10.1. The molecule has 3 heteroatoms. The molecular weight excluding hydrogens is 212 g/mol. The van der Waals surface area contributed by atoms with Crippen LogP contribution < -0.4 is 0 Å². The number of imidazole rings is 1. The summed E-state index contributed by atoms with van der Waals surface area (Å²) in [5.41, 5.74) is 1.67. The molecule has 0 saturated carbocycles. The molecule has 3 nitrogen and oxygen atoms in total. The Labute approximate surface area is 102 Å². The molecule has 2 rings (SSSR count). The van der Waals surface area contributed by atoms with Crippen molar-refractivity contribution in [2.24, 2.45) is 5.92 Å². The molecule has 1 N–H and O–H groups in total. The highest BCUT2D eigenvalue weighted by Gasteiger charge is 2.15. The Morgan fingerprint density at radius 2 is 2.24 bits per heavy atom. The summed E-state index contributed by atoms with van der Waals surface area (Å²) < 4.78 is 1.95. The Bertz CT molecular complexity index is 445. The van der Waals surface area contributed by atoms with Crippen LogP contribution in [0.5, 0.6) is 0 Å². The van der Waals surface area contributed by atoms with Gasteiger partial charge in [-0.2, -0.15) is 0 Å². The number of aromatic nitrogens is 2. The van der Waals surface area contributed by atoms with Gasteiger partial charge in [0.05, 0.1) is 11.8 Å². The third-order valence-electron chi connectivity index (χ3n) is 3.13. The van der Waals surface area contributed by atoms with Gasteiger partial charge in [0.2, 0.25) is 0 Å². The van der Waals surface area contributed by atoms with Crippen molar-refractivity contribution in [2.75, 3.05) is 0 Å². The Hall–Kier alpha value is -1.35. The molecule has 0 fully saturated rings. The molecule has 0 bridgehead atoms. The van der Waals surface area contributed by atoms with E-state index in [-0.39, 0.29) is 0 Å². The first kappa shape index (κ1) is 12.1. The Balaban J connectivity index is 2.10. The zero-order valence-electron chi connectivity index (χ0n) is 10.5. The second-order valence-electron chi connectivity index (χ2n) is 4.78. The number of aliphatic hydroxyl groups excluding tert-OH is 1. The fourth-order valence-electron chi connectivity index (χ4n) is 2.23. The lowest BCUT2D eigenvalue weighted by Crippen LogP contribution is -2.04. The number of pyridine rings is 1. The van der Waals surface area contributed by atoms with E-state index in [1.54, 1.807) is 0 Å². The zero-order chi connectivity index (χ0) is 12.3. The van der Waals surface area contributed by atoms with Gasteiger partial charge in [0, 0.05) is 12.4 Å². The van der Waals surface area contributed by atoms with E-state index in [2.05, 4.69) is 18.8 Å². The van der Waals surface area contributed by atoms with E-state index in [9.17, 15) is 5.11 Å². The van der Waals surface area contributed by atoms with Gasteiger partial charge in [0.1, 0.15) is 5.65 Å². The summed E-state index contributed by atoms with van der Waals surface area (Å²) in [6.07, 6.45) is 6.53. The van der Waals surface area contributed by atoms with Gasteiger partial charge in [0.25, 0.3) is 0 Å². The van der Waals surface area contributed by atoms with Crippen molar-refractivity contribution in [2.45, 2.75) is 39.2 Å². The topological polar surface area (TPSA) is 37.5 Å². The highest BCUT2D eigenvalue weighted by molar-refractivity contribution is 5.39. The predicted octanol–water partition coefficient (Wildman–Crippen LogP) is 3.19. The Morgan fingerprint density at radius 3 is 2.94 bits per heavy atom. The fraction of sp³-hybridized carbons (Fsp3) is 0.500. The van der Waals surface area contributed by atoms with Crippen molar-refractivity contribution >= 4 is 5.65 Å². The Morgan fingerprint density at radius 1 is 1.41 bits per heavy atom. The second kappa shape index (κ2) is 5.32. The summed E-state index contributed by atoms with van der Waals surface area (Å²) in [6, 6.07) is 5.87. The van der Waals surface area contributed by atoms with Crippen LogP contribution in [0.2, 0.25) is 0 Å². The van der Waals surface area contributed by atoms with Gasteiger partial charge in [-0.25, -0.2) is 4.98 Å². The van der Waals surface area contributed by atoms with Crippen LogP contribution in [0, 0.1) is 5.92 Å². The van der Waals surface area contributed by atoms with Crippen LogP contribution in [0.1, 0.15) is 44.9 Å². The van der Waals surface area contributed by atoms with Crippen LogP contribution in [0.3, 0.4) is 0 Å². The highest BCUT2D eigenvalue weighted by atomic mass is 16.3. The summed E-state index contributed by atoms with van der Waals surface area (Å²) in [4.78, 5) is 4.44. The summed E-state index contributed by atoms with van der Waals surface area (Å²) in [5.74, 6) is 0.541. The summed E-state index contributed by atoms with van der Waals surface area (Å²) in [6.45, 7) is 4.36. The summed E-state index contributed by atoms with van der Waals surface area (Å²) >= 11 is 0. The number of fused-ring (bicyclic) bond motifs is 1. The average Bonchev–Trinajstić information content (AvgIpc) is 2.72.